The molecule has 0 aliphatic heterocycles. The summed E-state index contributed by atoms with van der Waals surface area (Å²) in [6.45, 7) is 1.34. The highest BCUT2D eigenvalue weighted by molar-refractivity contribution is 9.10. The summed E-state index contributed by atoms with van der Waals surface area (Å²) in [4.78, 5) is 22.9. The SMILES string of the molecule is CC(=O)Nc1cccc(NC(=O)COc2ccc(Br)cc2)c1. The van der Waals surface area contributed by atoms with E-state index in [1.54, 1.807) is 36.4 Å². The smallest absolute Gasteiger partial charge is 0.262 e. The minimum absolute atomic E-state index is 0.0913. The van der Waals surface area contributed by atoms with Crippen LogP contribution in [-0.2, 0) is 9.59 Å². The topological polar surface area (TPSA) is 67.4 Å². The molecule has 0 bridgehead atoms. The van der Waals surface area contributed by atoms with Crippen LogP contribution in [-0.4, -0.2) is 18.4 Å². The zero-order valence-corrected chi connectivity index (χ0v) is 13.5. The van der Waals surface area contributed by atoms with Crippen LogP contribution >= 0.6 is 15.9 Å². The van der Waals surface area contributed by atoms with Crippen LogP contribution in [0.15, 0.2) is 53.0 Å². The maximum Gasteiger partial charge on any atom is 0.262 e. The third kappa shape index (κ3) is 5.21. The first-order chi connectivity index (χ1) is 10.5. The Labute approximate surface area is 136 Å². The summed E-state index contributed by atoms with van der Waals surface area (Å²) in [5.74, 6) is 0.176. The molecule has 2 aromatic rings. The zero-order valence-electron chi connectivity index (χ0n) is 11.9. The molecule has 22 heavy (non-hydrogen) atoms. The predicted octanol–water partition coefficient (Wildman–Crippen LogP) is 3.43. The van der Waals surface area contributed by atoms with E-state index in [0.717, 1.165) is 4.47 Å². The number of benzene rings is 2. The van der Waals surface area contributed by atoms with E-state index < -0.39 is 0 Å². The van der Waals surface area contributed by atoms with E-state index in [4.69, 9.17) is 4.74 Å². The number of anilines is 2. The lowest BCUT2D eigenvalue weighted by atomic mass is 10.2. The number of hydrogen-bond donors (Lipinski definition) is 2. The zero-order chi connectivity index (χ0) is 15.9. The van der Waals surface area contributed by atoms with Crippen molar-refractivity contribution < 1.29 is 14.3 Å². The maximum atomic E-state index is 11.9. The van der Waals surface area contributed by atoms with E-state index in [2.05, 4.69) is 26.6 Å². The molecule has 0 aromatic heterocycles. The number of hydrogen-bond acceptors (Lipinski definition) is 3. The van der Waals surface area contributed by atoms with Crippen LogP contribution in [0.4, 0.5) is 11.4 Å². The first-order valence-electron chi connectivity index (χ1n) is 6.59. The Morgan fingerprint density at radius 2 is 1.68 bits per heavy atom. The van der Waals surface area contributed by atoms with E-state index in [-0.39, 0.29) is 18.4 Å². The van der Waals surface area contributed by atoms with Gasteiger partial charge in [-0.2, -0.15) is 0 Å². The number of nitrogens with one attached hydrogen (secondary N) is 2. The first-order valence-corrected chi connectivity index (χ1v) is 7.38. The fraction of sp³-hybridized carbons (Fsp3) is 0.125. The molecule has 0 saturated carbocycles. The van der Waals surface area contributed by atoms with Gasteiger partial charge in [0.15, 0.2) is 6.61 Å². The number of amides is 2. The molecule has 0 saturated heterocycles. The highest BCUT2D eigenvalue weighted by atomic mass is 79.9. The van der Waals surface area contributed by atoms with E-state index in [9.17, 15) is 9.59 Å². The van der Waals surface area contributed by atoms with Crippen molar-refractivity contribution in [1.29, 1.82) is 0 Å². The van der Waals surface area contributed by atoms with Crippen LogP contribution in [0.5, 0.6) is 5.75 Å². The molecule has 2 aromatic carbocycles. The van der Waals surface area contributed by atoms with Gasteiger partial charge in [-0.3, -0.25) is 9.59 Å². The summed E-state index contributed by atoms with van der Waals surface area (Å²) >= 11 is 3.33. The van der Waals surface area contributed by atoms with Crippen molar-refractivity contribution >= 4 is 39.1 Å². The Hall–Kier alpha value is -2.34. The highest BCUT2D eigenvalue weighted by Crippen LogP contribution is 2.17. The second-order valence-electron chi connectivity index (χ2n) is 4.55. The van der Waals surface area contributed by atoms with Gasteiger partial charge in [-0.15, -0.1) is 0 Å². The fourth-order valence-corrected chi connectivity index (χ4v) is 2.02. The Balaban J connectivity index is 1.89. The summed E-state index contributed by atoms with van der Waals surface area (Å²) in [6.07, 6.45) is 0. The van der Waals surface area contributed by atoms with E-state index in [1.165, 1.54) is 6.92 Å². The monoisotopic (exact) mass is 362 g/mol. The second kappa shape index (κ2) is 7.61. The largest absolute Gasteiger partial charge is 0.484 e. The second-order valence-corrected chi connectivity index (χ2v) is 5.47. The van der Waals surface area contributed by atoms with Crippen molar-refractivity contribution in [3.63, 3.8) is 0 Å². The van der Waals surface area contributed by atoms with Gasteiger partial charge in [0.2, 0.25) is 5.91 Å². The van der Waals surface area contributed by atoms with Gasteiger partial charge in [-0.25, -0.2) is 0 Å². The molecule has 0 aliphatic carbocycles. The van der Waals surface area contributed by atoms with Crippen LogP contribution in [0, 0.1) is 0 Å². The lowest BCUT2D eigenvalue weighted by molar-refractivity contribution is -0.118. The summed E-state index contributed by atoms with van der Waals surface area (Å²) in [7, 11) is 0. The summed E-state index contributed by atoms with van der Waals surface area (Å²) in [5.41, 5.74) is 1.22. The standard InChI is InChI=1S/C16H15BrN2O3/c1-11(20)18-13-3-2-4-14(9-13)19-16(21)10-22-15-7-5-12(17)6-8-15/h2-9H,10H2,1H3,(H,18,20)(H,19,21). The average Bonchev–Trinajstić information content (AvgIpc) is 2.46. The Morgan fingerprint density at radius 1 is 1.05 bits per heavy atom. The molecule has 114 valence electrons. The third-order valence-electron chi connectivity index (χ3n) is 2.65. The summed E-state index contributed by atoms with van der Waals surface area (Å²) in [5, 5.41) is 5.37. The number of ether oxygens (including phenoxy) is 1. The highest BCUT2D eigenvalue weighted by Gasteiger charge is 2.05. The average molecular weight is 363 g/mol. The molecule has 5 nitrogen and oxygen atoms in total. The fourth-order valence-electron chi connectivity index (χ4n) is 1.75. The van der Waals surface area contributed by atoms with E-state index in [1.807, 2.05) is 12.1 Å². The van der Waals surface area contributed by atoms with Gasteiger partial charge < -0.3 is 15.4 Å². The Morgan fingerprint density at radius 3 is 2.32 bits per heavy atom. The van der Waals surface area contributed by atoms with Crippen LogP contribution in [0.1, 0.15) is 6.92 Å². The molecule has 0 aliphatic rings. The number of carbonyl (C=O) groups is 2. The molecule has 0 atom stereocenters. The summed E-state index contributed by atoms with van der Waals surface area (Å²) < 4.78 is 6.33. The van der Waals surface area contributed by atoms with Crippen molar-refractivity contribution in [2.75, 3.05) is 17.2 Å². The lowest BCUT2D eigenvalue weighted by Gasteiger charge is -2.09. The van der Waals surface area contributed by atoms with E-state index >= 15 is 0 Å². The van der Waals surface area contributed by atoms with Crippen LogP contribution in [0.3, 0.4) is 0 Å². The molecule has 0 heterocycles. The molecular formula is C16H15BrN2O3. The van der Waals surface area contributed by atoms with Crippen molar-refractivity contribution in [1.82, 2.24) is 0 Å². The van der Waals surface area contributed by atoms with Crippen molar-refractivity contribution in [3.8, 4) is 5.75 Å². The van der Waals surface area contributed by atoms with Gasteiger partial charge in [0.1, 0.15) is 5.75 Å². The van der Waals surface area contributed by atoms with Gasteiger partial charge in [0, 0.05) is 22.8 Å². The van der Waals surface area contributed by atoms with Crippen molar-refractivity contribution in [2.24, 2.45) is 0 Å². The van der Waals surface area contributed by atoms with Crippen molar-refractivity contribution in [3.05, 3.63) is 53.0 Å². The normalized spacial score (nSPS) is 9.91. The molecule has 0 radical (unpaired) electrons. The Kier molecular flexibility index (Phi) is 5.55. The van der Waals surface area contributed by atoms with Crippen LogP contribution in [0.2, 0.25) is 0 Å². The van der Waals surface area contributed by atoms with Gasteiger partial charge in [0.05, 0.1) is 0 Å². The minimum Gasteiger partial charge on any atom is -0.484 e. The molecular weight excluding hydrogens is 348 g/mol. The van der Waals surface area contributed by atoms with Gasteiger partial charge in [-0.1, -0.05) is 22.0 Å². The predicted molar refractivity (Wildman–Crippen MR) is 89.0 cm³/mol. The molecule has 2 N–H and O–H groups in total. The number of halogens is 1. The minimum atomic E-state index is -0.275. The molecule has 2 amide bonds. The lowest BCUT2D eigenvalue weighted by Crippen LogP contribution is -2.20. The van der Waals surface area contributed by atoms with E-state index in [0.29, 0.717) is 17.1 Å². The number of rotatable bonds is 5. The maximum absolute atomic E-state index is 11.9. The molecule has 0 fully saturated rings. The number of carbonyl (C=O) groups excluding carboxylic acids is 2. The van der Waals surface area contributed by atoms with Crippen molar-refractivity contribution in [2.45, 2.75) is 6.92 Å². The molecule has 6 heteroatoms. The molecule has 0 spiro atoms. The molecule has 0 unspecified atom stereocenters. The first kappa shape index (κ1) is 16.0. The summed E-state index contributed by atoms with van der Waals surface area (Å²) in [6, 6.07) is 14.1. The van der Waals surface area contributed by atoms with Gasteiger partial charge >= 0.3 is 0 Å². The van der Waals surface area contributed by atoms with Crippen LogP contribution < -0.4 is 15.4 Å². The van der Waals surface area contributed by atoms with Gasteiger partial charge in [0.25, 0.3) is 5.91 Å². The quantitative estimate of drug-likeness (QED) is 0.855. The van der Waals surface area contributed by atoms with Gasteiger partial charge in [-0.05, 0) is 42.5 Å². The third-order valence-corrected chi connectivity index (χ3v) is 3.18. The van der Waals surface area contributed by atoms with Crippen LogP contribution in [0.25, 0.3) is 0 Å². The molecule has 2 rings (SSSR count). The Bertz CT molecular complexity index is 671.